The summed E-state index contributed by atoms with van der Waals surface area (Å²) in [6, 6.07) is 18.8. The molecule has 0 saturated carbocycles. The number of aliphatic imine (C=N–C) groups is 1. The molecule has 4 rings (SSSR count). The van der Waals surface area contributed by atoms with Crippen molar-refractivity contribution in [3.05, 3.63) is 89.9 Å². The Balaban J connectivity index is 1.66. The smallest absolute Gasteiger partial charge is 0.283 e. The number of hydrogen-bond donors (Lipinski definition) is 0. The summed E-state index contributed by atoms with van der Waals surface area (Å²) in [5, 5.41) is 0.613. The SMILES string of the molecule is COc1ccc(/C=C2\N=C(SCc3cccnc3)N(c3cccc(OC)c3)C2=O)cc1. The zero-order valence-electron chi connectivity index (χ0n) is 17.2. The maximum absolute atomic E-state index is 13.3. The summed E-state index contributed by atoms with van der Waals surface area (Å²) < 4.78 is 10.5. The molecule has 2 aromatic carbocycles. The van der Waals surface area contributed by atoms with Crippen LogP contribution >= 0.6 is 11.8 Å². The van der Waals surface area contributed by atoms with Crippen molar-refractivity contribution in [2.45, 2.75) is 5.75 Å². The van der Waals surface area contributed by atoms with E-state index >= 15 is 0 Å². The Kier molecular flexibility index (Phi) is 6.33. The number of methoxy groups -OCH3 is 2. The lowest BCUT2D eigenvalue weighted by molar-refractivity contribution is -0.113. The zero-order valence-corrected chi connectivity index (χ0v) is 18.0. The van der Waals surface area contributed by atoms with E-state index in [2.05, 4.69) is 9.98 Å². The van der Waals surface area contributed by atoms with E-state index in [0.29, 0.717) is 28.1 Å². The molecule has 0 N–H and O–H groups in total. The second kappa shape index (κ2) is 9.49. The van der Waals surface area contributed by atoms with E-state index in [1.165, 1.54) is 11.8 Å². The third-order valence-corrected chi connectivity index (χ3v) is 5.66. The highest BCUT2D eigenvalue weighted by atomic mass is 32.2. The van der Waals surface area contributed by atoms with Crippen molar-refractivity contribution in [3.8, 4) is 11.5 Å². The van der Waals surface area contributed by atoms with Crippen LogP contribution in [0.1, 0.15) is 11.1 Å². The van der Waals surface area contributed by atoms with E-state index in [-0.39, 0.29) is 5.91 Å². The van der Waals surface area contributed by atoms with Gasteiger partial charge < -0.3 is 9.47 Å². The Bertz CT molecular complexity index is 1130. The van der Waals surface area contributed by atoms with Crippen LogP contribution in [-0.2, 0) is 10.5 Å². The number of amidine groups is 1. The Morgan fingerprint density at radius 1 is 1.00 bits per heavy atom. The minimum atomic E-state index is -0.183. The lowest BCUT2D eigenvalue weighted by Gasteiger charge is -2.18. The molecule has 1 aromatic heterocycles. The van der Waals surface area contributed by atoms with Crippen LogP contribution in [-0.4, -0.2) is 30.3 Å². The van der Waals surface area contributed by atoms with Gasteiger partial charge in [-0.05, 0) is 47.5 Å². The molecule has 7 heteroatoms. The number of aromatic nitrogens is 1. The van der Waals surface area contributed by atoms with Gasteiger partial charge in [-0.25, -0.2) is 4.99 Å². The number of carbonyl (C=O) groups excluding carboxylic acids is 1. The first kappa shape index (κ1) is 20.7. The molecular weight excluding hydrogens is 410 g/mol. The van der Waals surface area contributed by atoms with Crippen molar-refractivity contribution in [1.29, 1.82) is 0 Å². The highest BCUT2D eigenvalue weighted by molar-refractivity contribution is 8.13. The van der Waals surface area contributed by atoms with Gasteiger partial charge in [0.1, 0.15) is 17.2 Å². The highest BCUT2D eigenvalue weighted by Gasteiger charge is 2.32. The summed E-state index contributed by atoms with van der Waals surface area (Å²) >= 11 is 1.49. The fraction of sp³-hybridized carbons (Fsp3) is 0.125. The van der Waals surface area contributed by atoms with Gasteiger partial charge in [-0.15, -0.1) is 0 Å². The van der Waals surface area contributed by atoms with E-state index in [1.807, 2.05) is 66.9 Å². The first-order chi connectivity index (χ1) is 15.2. The monoisotopic (exact) mass is 431 g/mol. The quantitative estimate of drug-likeness (QED) is 0.526. The fourth-order valence-corrected chi connectivity index (χ4v) is 4.01. The van der Waals surface area contributed by atoms with Crippen molar-refractivity contribution in [2.75, 3.05) is 19.1 Å². The molecule has 31 heavy (non-hydrogen) atoms. The number of carbonyl (C=O) groups is 1. The van der Waals surface area contributed by atoms with Crippen molar-refractivity contribution in [2.24, 2.45) is 4.99 Å². The number of amides is 1. The fourth-order valence-electron chi connectivity index (χ4n) is 3.06. The summed E-state index contributed by atoms with van der Waals surface area (Å²) in [7, 11) is 3.22. The molecular formula is C24H21N3O3S. The van der Waals surface area contributed by atoms with Gasteiger partial charge in [0.25, 0.3) is 5.91 Å². The van der Waals surface area contributed by atoms with E-state index in [0.717, 1.165) is 16.9 Å². The third kappa shape index (κ3) is 4.78. The van der Waals surface area contributed by atoms with Crippen LogP contribution in [0.3, 0.4) is 0 Å². The molecule has 0 fully saturated rings. The zero-order chi connectivity index (χ0) is 21.6. The van der Waals surface area contributed by atoms with Gasteiger partial charge >= 0.3 is 0 Å². The molecule has 0 aliphatic carbocycles. The number of anilines is 1. The third-order valence-electron chi connectivity index (χ3n) is 4.65. The van der Waals surface area contributed by atoms with Crippen LogP contribution in [0.4, 0.5) is 5.69 Å². The minimum Gasteiger partial charge on any atom is -0.497 e. The maximum Gasteiger partial charge on any atom is 0.283 e. The van der Waals surface area contributed by atoms with Crippen LogP contribution in [0.25, 0.3) is 6.08 Å². The Morgan fingerprint density at radius 2 is 1.81 bits per heavy atom. The average Bonchev–Trinajstić information content (AvgIpc) is 3.13. The standard InChI is InChI=1S/C24H21N3O3S/c1-29-20-10-8-17(9-11-20)13-22-23(28)27(19-6-3-7-21(14-19)30-2)24(26-22)31-16-18-5-4-12-25-15-18/h3-15H,16H2,1-2H3/b22-13-. The lowest BCUT2D eigenvalue weighted by atomic mass is 10.2. The van der Waals surface area contributed by atoms with Crippen LogP contribution in [0.5, 0.6) is 11.5 Å². The van der Waals surface area contributed by atoms with Crippen molar-refractivity contribution < 1.29 is 14.3 Å². The predicted octanol–water partition coefficient (Wildman–Crippen LogP) is 4.78. The molecule has 0 atom stereocenters. The molecule has 3 aromatic rings. The molecule has 0 radical (unpaired) electrons. The van der Waals surface area contributed by atoms with Crippen molar-refractivity contribution in [3.63, 3.8) is 0 Å². The first-order valence-corrected chi connectivity index (χ1v) is 10.6. The molecule has 0 spiro atoms. The predicted molar refractivity (Wildman–Crippen MR) is 124 cm³/mol. The lowest BCUT2D eigenvalue weighted by Crippen LogP contribution is -2.30. The number of hydrogen-bond acceptors (Lipinski definition) is 6. The minimum absolute atomic E-state index is 0.183. The summed E-state index contributed by atoms with van der Waals surface area (Å²) in [4.78, 5) is 23.7. The van der Waals surface area contributed by atoms with E-state index in [9.17, 15) is 4.79 Å². The van der Waals surface area contributed by atoms with Crippen molar-refractivity contribution >= 4 is 34.6 Å². The molecule has 1 aliphatic heterocycles. The van der Waals surface area contributed by atoms with Gasteiger partial charge in [0.05, 0.1) is 19.9 Å². The topological polar surface area (TPSA) is 64.0 Å². The summed E-state index contributed by atoms with van der Waals surface area (Å²) in [6.45, 7) is 0. The molecule has 6 nitrogen and oxygen atoms in total. The van der Waals surface area contributed by atoms with Crippen LogP contribution < -0.4 is 14.4 Å². The molecule has 0 bridgehead atoms. The summed E-state index contributed by atoms with van der Waals surface area (Å²) in [6.07, 6.45) is 5.34. The van der Waals surface area contributed by atoms with E-state index in [1.54, 1.807) is 31.4 Å². The summed E-state index contributed by atoms with van der Waals surface area (Å²) in [5.74, 6) is 1.90. The van der Waals surface area contributed by atoms with E-state index in [4.69, 9.17) is 9.47 Å². The molecule has 0 unspecified atom stereocenters. The van der Waals surface area contributed by atoms with Gasteiger partial charge in [0.15, 0.2) is 5.17 Å². The number of benzene rings is 2. The van der Waals surface area contributed by atoms with Gasteiger partial charge in [0, 0.05) is 24.2 Å². The van der Waals surface area contributed by atoms with Gasteiger partial charge in [-0.3, -0.25) is 14.7 Å². The van der Waals surface area contributed by atoms with Gasteiger partial charge in [-0.1, -0.05) is 36.0 Å². The number of ether oxygens (including phenoxy) is 2. The molecule has 1 aliphatic rings. The average molecular weight is 432 g/mol. The Hall–Kier alpha value is -3.58. The number of thioether (sulfide) groups is 1. The maximum atomic E-state index is 13.3. The molecule has 2 heterocycles. The van der Waals surface area contributed by atoms with Gasteiger partial charge in [-0.2, -0.15) is 0 Å². The molecule has 1 amide bonds. The number of rotatable bonds is 6. The summed E-state index contributed by atoms with van der Waals surface area (Å²) in [5.41, 5.74) is 3.01. The second-order valence-corrected chi connectivity index (χ2v) is 7.63. The van der Waals surface area contributed by atoms with Crippen molar-refractivity contribution in [1.82, 2.24) is 4.98 Å². The van der Waals surface area contributed by atoms with E-state index < -0.39 is 0 Å². The Morgan fingerprint density at radius 3 is 2.52 bits per heavy atom. The highest BCUT2D eigenvalue weighted by Crippen LogP contribution is 2.32. The van der Waals surface area contributed by atoms with Gasteiger partial charge in [0.2, 0.25) is 0 Å². The molecule has 156 valence electrons. The normalized spacial score (nSPS) is 14.6. The van der Waals surface area contributed by atoms with Crippen LogP contribution in [0, 0.1) is 0 Å². The largest absolute Gasteiger partial charge is 0.497 e. The molecule has 0 saturated heterocycles. The van der Waals surface area contributed by atoms with Crippen LogP contribution in [0.2, 0.25) is 0 Å². The Labute approximate surface area is 185 Å². The van der Waals surface area contributed by atoms with Crippen LogP contribution in [0.15, 0.2) is 83.7 Å². The number of pyridine rings is 1. The number of nitrogens with zero attached hydrogens (tertiary/aromatic N) is 3. The first-order valence-electron chi connectivity index (χ1n) is 9.62. The second-order valence-electron chi connectivity index (χ2n) is 6.69.